The molecular formula is C31H33N5. The van der Waals surface area contributed by atoms with Crippen molar-refractivity contribution >= 4 is 5.69 Å². The maximum atomic E-state index is 9.06. The first kappa shape index (κ1) is 23.8. The third-order valence-electron chi connectivity index (χ3n) is 7.22. The number of benzene rings is 3. The fraction of sp³-hybridized carbons (Fsp3) is 0.290. The van der Waals surface area contributed by atoms with Crippen LogP contribution in [0.5, 0.6) is 0 Å². The van der Waals surface area contributed by atoms with Crippen LogP contribution in [0, 0.1) is 11.3 Å². The summed E-state index contributed by atoms with van der Waals surface area (Å²) >= 11 is 0. The van der Waals surface area contributed by atoms with Gasteiger partial charge in [0.25, 0.3) is 0 Å². The quantitative estimate of drug-likeness (QED) is 0.320. The van der Waals surface area contributed by atoms with Crippen LogP contribution in [-0.4, -0.2) is 40.1 Å². The van der Waals surface area contributed by atoms with Crippen LogP contribution in [0.15, 0.2) is 97.5 Å². The second-order valence-electron chi connectivity index (χ2n) is 9.58. The highest BCUT2D eigenvalue weighted by Crippen LogP contribution is 2.24. The van der Waals surface area contributed by atoms with Crippen LogP contribution in [0.25, 0.3) is 0 Å². The molecule has 0 amide bonds. The molecule has 0 unspecified atom stereocenters. The van der Waals surface area contributed by atoms with Crippen molar-refractivity contribution in [3.05, 3.63) is 120 Å². The minimum Gasteiger partial charge on any atom is -0.371 e. The Hall–Kier alpha value is -3.88. The summed E-state index contributed by atoms with van der Waals surface area (Å²) in [6.45, 7) is 4.94. The largest absolute Gasteiger partial charge is 0.371 e. The lowest BCUT2D eigenvalue weighted by Gasteiger charge is -2.39. The van der Waals surface area contributed by atoms with Crippen molar-refractivity contribution in [1.29, 1.82) is 5.26 Å². The molecule has 0 atom stereocenters. The second-order valence-corrected chi connectivity index (χ2v) is 9.58. The first-order valence-electron chi connectivity index (χ1n) is 12.8. The predicted molar refractivity (Wildman–Crippen MR) is 145 cm³/mol. The minimum atomic E-state index is 0.570. The molecule has 5 rings (SSSR count). The zero-order valence-electron chi connectivity index (χ0n) is 20.7. The van der Waals surface area contributed by atoms with Gasteiger partial charge in [0.2, 0.25) is 0 Å². The lowest BCUT2D eigenvalue weighted by atomic mass is 10.0. The van der Waals surface area contributed by atoms with Crippen molar-refractivity contribution < 1.29 is 0 Å². The third kappa shape index (κ3) is 6.02. The lowest BCUT2D eigenvalue weighted by molar-refractivity contribution is 0.161. The van der Waals surface area contributed by atoms with E-state index in [1.807, 2.05) is 36.8 Å². The van der Waals surface area contributed by atoms with Gasteiger partial charge in [-0.25, -0.2) is 4.98 Å². The number of para-hydroxylation sites is 1. The molecule has 3 aromatic carbocycles. The van der Waals surface area contributed by atoms with Crippen LogP contribution in [0.1, 0.15) is 35.2 Å². The van der Waals surface area contributed by atoms with E-state index >= 15 is 0 Å². The van der Waals surface area contributed by atoms with E-state index in [1.54, 1.807) is 0 Å². The van der Waals surface area contributed by atoms with Gasteiger partial charge in [0.05, 0.1) is 18.0 Å². The monoisotopic (exact) mass is 475 g/mol. The maximum Gasteiger partial charge on any atom is 0.0991 e. The first-order valence-corrected chi connectivity index (χ1v) is 12.8. The number of nitriles is 1. The van der Waals surface area contributed by atoms with Crippen molar-refractivity contribution in [2.45, 2.75) is 38.4 Å². The Bertz CT molecular complexity index is 1250. The number of piperidine rings is 1. The Kier molecular flexibility index (Phi) is 7.75. The van der Waals surface area contributed by atoms with Gasteiger partial charge in [-0.1, -0.05) is 60.7 Å². The van der Waals surface area contributed by atoms with Crippen LogP contribution in [0.3, 0.4) is 0 Å². The Labute approximate surface area is 214 Å². The van der Waals surface area contributed by atoms with Gasteiger partial charge in [0, 0.05) is 62.8 Å². The van der Waals surface area contributed by atoms with Gasteiger partial charge in [-0.3, -0.25) is 4.90 Å². The van der Waals surface area contributed by atoms with E-state index < -0.39 is 0 Å². The van der Waals surface area contributed by atoms with Gasteiger partial charge in [-0.2, -0.15) is 5.26 Å². The molecule has 1 aromatic heterocycles. The van der Waals surface area contributed by atoms with Crippen molar-refractivity contribution in [3.63, 3.8) is 0 Å². The first-order chi connectivity index (χ1) is 17.8. The highest BCUT2D eigenvalue weighted by atomic mass is 15.2. The van der Waals surface area contributed by atoms with Gasteiger partial charge < -0.3 is 9.47 Å². The normalized spacial score (nSPS) is 14.2. The molecule has 0 radical (unpaired) electrons. The van der Waals surface area contributed by atoms with E-state index in [-0.39, 0.29) is 0 Å². The van der Waals surface area contributed by atoms with E-state index in [0.717, 1.165) is 39.1 Å². The van der Waals surface area contributed by atoms with Crippen molar-refractivity contribution in [3.8, 4) is 6.07 Å². The Balaban J connectivity index is 1.25. The molecule has 36 heavy (non-hydrogen) atoms. The summed E-state index contributed by atoms with van der Waals surface area (Å²) in [4.78, 5) is 9.65. The number of rotatable bonds is 9. The Morgan fingerprint density at radius 2 is 1.56 bits per heavy atom. The fourth-order valence-corrected chi connectivity index (χ4v) is 5.17. The highest BCUT2D eigenvalue weighted by molar-refractivity contribution is 5.46. The van der Waals surface area contributed by atoms with Gasteiger partial charge >= 0.3 is 0 Å². The number of imidazole rings is 1. The number of nitrogens with zero attached hydrogens (tertiary/aromatic N) is 5. The zero-order valence-corrected chi connectivity index (χ0v) is 20.7. The van der Waals surface area contributed by atoms with Crippen LogP contribution < -0.4 is 4.90 Å². The zero-order chi connectivity index (χ0) is 24.6. The Morgan fingerprint density at radius 3 is 2.25 bits per heavy atom. The van der Waals surface area contributed by atoms with E-state index in [0.29, 0.717) is 11.6 Å². The van der Waals surface area contributed by atoms with Gasteiger partial charge in [0.15, 0.2) is 0 Å². The molecule has 5 heteroatoms. The highest BCUT2D eigenvalue weighted by Gasteiger charge is 2.25. The summed E-state index contributed by atoms with van der Waals surface area (Å²) in [5.74, 6) is 0. The van der Waals surface area contributed by atoms with Crippen molar-refractivity contribution in [2.75, 3.05) is 24.5 Å². The third-order valence-corrected chi connectivity index (χ3v) is 7.22. The standard InChI is InChI=1S/C31H33N5/c32-21-26-11-13-28(14-12-26)24-36-25-33-22-31(36)17-20-35(23-27-7-3-1-4-8-27)30-15-18-34(19-16-30)29-9-5-2-6-10-29/h1-14,22,25,30H,15-20,23-24H2. The fourth-order valence-electron chi connectivity index (χ4n) is 5.17. The van der Waals surface area contributed by atoms with E-state index in [9.17, 15) is 0 Å². The lowest BCUT2D eigenvalue weighted by Crippen LogP contribution is -2.45. The van der Waals surface area contributed by atoms with Gasteiger partial charge in [-0.15, -0.1) is 0 Å². The summed E-state index contributed by atoms with van der Waals surface area (Å²) in [6, 6.07) is 32.2. The molecule has 182 valence electrons. The summed E-state index contributed by atoms with van der Waals surface area (Å²) in [5.41, 5.74) is 5.83. The van der Waals surface area contributed by atoms with Crippen LogP contribution in [0.4, 0.5) is 5.69 Å². The number of anilines is 1. The van der Waals surface area contributed by atoms with E-state index in [2.05, 4.69) is 86.1 Å². The smallest absolute Gasteiger partial charge is 0.0991 e. The number of hydrogen-bond acceptors (Lipinski definition) is 4. The molecule has 0 saturated carbocycles. The SMILES string of the molecule is N#Cc1ccc(Cn2cncc2CCN(Cc2ccccc2)C2CCN(c3ccccc3)CC2)cc1. The molecule has 0 N–H and O–H groups in total. The molecule has 1 aliphatic heterocycles. The minimum absolute atomic E-state index is 0.570. The van der Waals surface area contributed by atoms with Gasteiger partial charge in [0.1, 0.15) is 0 Å². The molecule has 1 aliphatic rings. The van der Waals surface area contributed by atoms with Crippen LogP contribution in [-0.2, 0) is 19.5 Å². The average Bonchev–Trinajstić information content (AvgIpc) is 3.39. The van der Waals surface area contributed by atoms with E-state index in [1.165, 1.54) is 35.3 Å². The topological polar surface area (TPSA) is 48.1 Å². The molecule has 0 bridgehead atoms. The molecule has 1 fully saturated rings. The summed E-state index contributed by atoms with van der Waals surface area (Å²) in [7, 11) is 0. The predicted octanol–water partition coefficient (Wildman–Crippen LogP) is 5.52. The molecular weight excluding hydrogens is 442 g/mol. The number of hydrogen-bond donors (Lipinski definition) is 0. The van der Waals surface area contributed by atoms with Gasteiger partial charge in [-0.05, 0) is 48.2 Å². The van der Waals surface area contributed by atoms with Crippen molar-refractivity contribution in [1.82, 2.24) is 14.5 Å². The summed E-state index contributed by atoms with van der Waals surface area (Å²) in [5, 5.41) is 9.06. The Morgan fingerprint density at radius 1 is 0.861 bits per heavy atom. The summed E-state index contributed by atoms with van der Waals surface area (Å²) < 4.78 is 2.24. The molecule has 1 saturated heterocycles. The summed E-state index contributed by atoms with van der Waals surface area (Å²) in [6.07, 6.45) is 7.23. The van der Waals surface area contributed by atoms with Crippen LogP contribution in [0.2, 0.25) is 0 Å². The van der Waals surface area contributed by atoms with Crippen LogP contribution >= 0.6 is 0 Å². The molecule has 4 aromatic rings. The molecule has 0 aliphatic carbocycles. The second kappa shape index (κ2) is 11.7. The molecule has 0 spiro atoms. The average molecular weight is 476 g/mol. The molecule has 5 nitrogen and oxygen atoms in total. The van der Waals surface area contributed by atoms with E-state index in [4.69, 9.17) is 5.26 Å². The number of aromatic nitrogens is 2. The maximum absolute atomic E-state index is 9.06. The van der Waals surface area contributed by atoms with Crippen molar-refractivity contribution in [2.24, 2.45) is 0 Å². The molecule has 2 heterocycles.